The van der Waals surface area contributed by atoms with Crippen molar-refractivity contribution in [1.29, 1.82) is 0 Å². The van der Waals surface area contributed by atoms with Crippen molar-refractivity contribution in [3.05, 3.63) is 64.8 Å². The van der Waals surface area contributed by atoms with Crippen LogP contribution >= 0.6 is 11.6 Å². The van der Waals surface area contributed by atoms with Gasteiger partial charge in [0.2, 0.25) is 11.7 Å². The number of benzene rings is 1. The molecule has 0 radical (unpaired) electrons. The maximum absolute atomic E-state index is 13.5. The molecule has 1 aromatic heterocycles. The quantitative estimate of drug-likeness (QED) is 0.630. The molecule has 1 aromatic carbocycles. The van der Waals surface area contributed by atoms with Gasteiger partial charge in [-0.15, -0.1) is 0 Å². The molecule has 1 atom stereocenters. The van der Waals surface area contributed by atoms with E-state index in [0.717, 1.165) is 31.8 Å². The average Bonchev–Trinajstić information content (AvgIpc) is 3.50. The topological polar surface area (TPSA) is 92.8 Å². The second-order valence-corrected chi connectivity index (χ2v) is 8.58. The van der Waals surface area contributed by atoms with Crippen molar-refractivity contribution in [2.24, 2.45) is 10.9 Å². The number of aliphatic imine (C=N–C) groups is 1. The molecule has 0 spiro atoms. The van der Waals surface area contributed by atoms with Gasteiger partial charge in [0.1, 0.15) is 11.7 Å². The van der Waals surface area contributed by atoms with E-state index in [1.165, 1.54) is 0 Å². The third-order valence-corrected chi connectivity index (χ3v) is 6.13. The zero-order chi connectivity index (χ0) is 24.2. The number of hydrogen-bond acceptors (Lipinski definition) is 7. The Balaban J connectivity index is 1.62. The maximum atomic E-state index is 13.5. The molecule has 0 bridgehead atoms. The van der Waals surface area contributed by atoms with Gasteiger partial charge in [-0.05, 0) is 32.4 Å². The Hall–Kier alpha value is -3.23. The fraction of sp³-hybridized carbons (Fsp3) is 0.360. The smallest absolute Gasteiger partial charge is 0.260 e. The lowest BCUT2D eigenvalue weighted by Crippen LogP contribution is -2.41. The molecule has 8 nitrogen and oxygen atoms in total. The maximum Gasteiger partial charge on any atom is 0.260 e. The van der Waals surface area contributed by atoms with Gasteiger partial charge in [0, 0.05) is 59.8 Å². The van der Waals surface area contributed by atoms with Crippen molar-refractivity contribution >= 4 is 28.9 Å². The highest BCUT2D eigenvalue weighted by atomic mass is 35.5. The summed E-state index contributed by atoms with van der Waals surface area (Å²) in [5.41, 5.74) is 2.66. The average molecular weight is 482 g/mol. The van der Waals surface area contributed by atoms with Crippen molar-refractivity contribution < 1.29 is 14.1 Å². The van der Waals surface area contributed by atoms with Crippen molar-refractivity contribution in [2.75, 3.05) is 26.3 Å². The van der Waals surface area contributed by atoms with Crippen LogP contribution in [0.4, 0.5) is 0 Å². The summed E-state index contributed by atoms with van der Waals surface area (Å²) in [4.78, 5) is 24.0. The van der Waals surface area contributed by atoms with Crippen LogP contribution in [0.5, 0.6) is 0 Å². The third-order valence-electron chi connectivity index (χ3n) is 5.82. The van der Waals surface area contributed by atoms with Gasteiger partial charge in [-0.25, -0.2) is 4.99 Å². The van der Waals surface area contributed by atoms with E-state index < -0.39 is 0 Å². The minimum absolute atomic E-state index is 0.172. The Labute approximate surface area is 204 Å². The minimum Gasteiger partial charge on any atom is -0.381 e. The molecule has 2 aliphatic rings. The van der Waals surface area contributed by atoms with Gasteiger partial charge < -0.3 is 14.6 Å². The number of carbonyl (C=O) groups is 1. The molecule has 0 saturated carbocycles. The molecule has 4 rings (SSSR count). The van der Waals surface area contributed by atoms with E-state index in [0.29, 0.717) is 57.6 Å². The van der Waals surface area contributed by atoms with Gasteiger partial charge in [0.25, 0.3) is 5.91 Å². The standard InChI is InChI=1S/C25H28ClN5O3/c1-5-18-11-21(20-8-7-19(12-22(20)26)23-29-16(4)34-30-23)25(32)31(6-2)24(18)28-15(3)27-13-17-9-10-33-14-17/h5,7-8,11-12,17,27H,3,6,9-10,13-14H2,1-2,4H3/b18-5-,28-24+. The summed E-state index contributed by atoms with van der Waals surface area (Å²) in [6.45, 7) is 12.3. The van der Waals surface area contributed by atoms with E-state index in [4.69, 9.17) is 20.9 Å². The number of halogens is 1. The Morgan fingerprint density at radius 3 is 2.88 bits per heavy atom. The summed E-state index contributed by atoms with van der Waals surface area (Å²) in [6, 6.07) is 5.37. The number of aromatic nitrogens is 2. The first kappa shape index (κ1) is 23.9. The molecule has 2 aromatic rings. The molecule has 3 heterocycles. The Kier molecular flexibility index (Phi) is 7.29. The first-order chi connectivity index (χ1) is 16.4. The monoisotopic (exact) mass is 481 g/mol. The number of likely N-dealkylation sites (N-methyl/N-ethyl adjacent to an activating group) is 1. The summed E-state index contributed by atoms with van der Waals surface area (Å²) in [7, 11) is 0. The number of allylic oxidation sites excluding steroid dienone is 1. The van der Waals surface area contributed by atoms with Gasteiger partial charge >= 0.3 is 0 Å². The summed E-state index contributed by atoms with van der Waals surface area (Å²) in [5.74, 6) is 2.27. The number of amidine groups is 1. The molecular weight excluding hydrogens is 454 g/mol. The molecule has 178 valence electrons. The molecule has 0 aliphatic carbocycles. The van der Waals surface area contributed by atoms with Crippen LogP contribution in [0.25, 0.3) is 17.0 Å². The largest absolute Gasteiger partial charge is 0.381 e. The lowest BCUT2D eigenvalue weighted by molar-refractivity contribution is -0.121. The highest BCUT2D eigenvalue weighted by molar-refractivity contribution is 6.37. The summed E-state index contributed by atoms with van der Waals surface area (Å²) < 4.78 is 10.5. The Morgan fingerprint density at radius 1 is 1.44 bits per heavy atom. The second-order valence-electron chi connectivity index (χ2n) is 8.18. The first-order valence-corrected chi connectivity index (χ1v) is 11.7. The zero-order valence-corrected chi connectivity index (χ0v) is 20.4. The number of ether oxygens (including phenoxy) is 1. The van der Waals surface area contributed by atoms with Crippen LogP contribution in [0.3, 0.4) is 0 Å². The summed E-state index contributed by atoms with van der Waals surface area (Å²) in [5, 5.41) is 7.62. The van der Waals surface area contributed by atoms with E-state index in [9.17, 15) is 4.79 Å². The first-order valence-electron chi connectivity index (χ1n) is 11.3. The Morgan fingerprint density at radius 2 is 2.26 bits per heavy atom. The van der Waals surface area contributed by atoms with Gasteiger partial charge in [0.15, 0.2) is 0 Å². The second kappa shape index (κ2) is 10.4. The van der Waals surface area contributed by atoms with E-state index in [-0.39, 0.29) is 5.91 Å². The molecule has 1 amide bonds. The molecule has 2 aliphatic heterocycles. The number of amides is 1. The fourth-order valence-corrected chi connectivity index (χ4v) is 4.25. The lowest BCUT2D eigenvalue weighted by Gasteiger charge is -2.30. The molecule has 1 saturated heterocycles. The molecule has 9 heteroatoms. The van der Waals surface area contributed by atoms with E-state index >= 15 is 0 Å². The third kappa shape index (κ3) is 4.98. The number of rotatable bonds is 7. The molecule has 1 N–H and O–H groups in total. The minimum atomic E-state index is -0.172. The highest BCUT2D eigenvalue weighted by Gasteiger charge is 2.31. The molecule has 1 unspecified atom stereocenters. The number of nitrogens with one attached hydrogen (secondary N) is 1. The molecule has 34 heavy (non-hydrogen) atoms. The van der Waals surface area contributed by atoms with Gasteiger partial charge in [-0.1, -0.05) is 41.5 Å². The van der Waals surface area contributed by atoms with E-state index in [2.05, 4.69) is 27.0 Å². The molecular formula is C25H28ClN5O3. The van der Waals surface area contributed by atoms with Crippen molar-refractivity contribution in [3.63, 3.8) is 0 Å². The van der Waals surface area contributed by atoms with E-state index in [1.807, 2.05) is 32.1 Å². The van der Waals surface area contributed by atoms with Crippen molar-refractivity contribution in [1.82, 2.24) is 20.4 Å². The van der Waals surface area contributed by atoms with Crippen LogP contribution in [0.1, 0.15) is 31.7 Å². The van der Waals surface area contributed by atoms with Crippen LogP contribution in [0, 0.1) is 12.8 Å². The van der Waals surface area contributed by atoms with Gasteiger partial charge in [-0.2, -0.15) is 4.98 Å². The predicted molar refractivity (Wildman–Crippen MR) is 132 cm³/mol. The number of aryl methyl sites for hydroxylation is 1. The van der Waals surface area contributed by atoms with Gasteiger partial charge in [0.05, 0.1) is 6.61 Å². The van der Waals surface area contributed by atoms with Crippen molar-refractivity contribution in [3.8, 4) is 11.4 Å². The normalized spacial score (nSPS) is 20.8. The summed E-state index contributed by atoms with van der Waals surface area (Å²) >= 11 is 6.61. The molecule has 1 fully saturated rings. The fourth-order valence-electron chi connectivity index (χ4n) is 3.97. The van der Waals surface area contributed by atoms with Crippen LogP contribution in [-0.4, -0.2) is 53.1 Å². The van der Waals surface area contributed by atoms with Crippen LogP contribution < -0.4 is 5.32 Å². The number of nitrogens with zero attached hydrogens (tertiary/aromatic N) is 4. The SMILES string of the molecule is C=C(/N=C1\C(=C/C)C=C(c2ccc(-c3noc(C)n3)cc2Cl)C(=O)N1CC)NCC1CCOC1. The number of carbonyl (C=O) groups excluding carboxylic acids is 1. The lowest BCUT2D eigenvalue weighted by atomic mass is 9.95. The predicted octanol–water partition coefficient (Wildman–Crippen LogP) is 4.39. The Bertz CT molecular complexity index is 1190. The highest BCUT2D eigenvalue weighted by Crippen LogP contribution is 2.33. The van der Waals surface area contributed by atoms with Crippen LogP contribution in [0.15, 0.2) is 57.8 Å². The number of hydrogen-bond donors (Lipinski definition) is 1. The summed E-state index contributed by atoms with van der Waals surface area (Å²) in [6.07, 6.45) is 4.77. The van der Waals surface area contributed by atoms with Crippen molar-refractivity contribution in [2.45, 2.75) is 27.2 Å². The van der Waals surface area contributed by atoms with Crippen LogP contribution in [-0.2, 0) is 9.53 Å². The van der Waals surface area contributed by atoms with Gasteiger partial charge in [-0.3, -0.25) is 9.69 Å². The van der Waals surface area contributed by atoms with Crippen LogP contribution in [0.2, 0.25) is 5.02 Å². The van der Waals surface area contributed by atoms with E-state index in [1.54, 1.807) is 24.0 Å². The zero-order valence-electron chi connectivity index (χ0n) is 19.6.